The van der Waals surface area contributed by atoms with Gasteiger partial charge in [0.2, 0.25) is 5.91 Å². The molecular weight excluding hydrogens is 314 g/mol. The Bertz CT molecular complexity index is 512. The predicted molar refractivity (Wildman–Crippen MR) is 84.2 cm³/mol. The SMILES string of the molecule is C[C@H](CO[C@H]1CCOC1)NC(=O)CN1C(=O)NC2(CCCC2)C1=O. The quantitative estimate of drug-likeness (QED) is 0.672. The van der Waals surface area contributed by atoms with Crippen molar-refractivity contribution in [3.05, 3.63) is 0 Å². The molecule has 3 fully saturated rings. The molecule has 24 heavy (non-hydrogen) atoms. The van der Waals surface area contributed by atoms with Gasteiger partial charge in [-0.05, 0) is 26.2 Å². The minimum absolute atomic E-state index is 0.0810. The maximum absolute atomic E-state index is 12.5. The summed E-state index contributed by atoms with van der Waals surface area (Å²) in [6.07, 6.45) is 4.10. The average Bonchev–Trinajstić information content (AvgIpc) is 3.25. The Morgan fingerprint density at radius 2 is 2.21 bits per heavy atom. The average molecular weight is 339 g/mol. The lowest BCUT2D eigenvalue weighted by Gasteiger charge is -2.21. The van der Waals surface area contributed by atoms with E-state index in [4.69, 9.17) is 9.47 Å². The van der Waals surface area contributed by atoms with E-state index in [9.17, 15) is 14.4 Å². The van der Waals surface area contributed by atoms with Gasteiger partial charge in [0.25, 0.3) is 5.91 Å². The van der Waals surface area contributed by atoms with Gasteiger partial charge in [-0.15, -0.1) is 0 Å². The van der Waals surface area contributed by atoms with Gasteiger partial charge < -0.3 is 20.1 Å². The molecule has 2 saturated heterocycles. The molecule has 1 saturated carbocycles. The van der Waals surface area contributed by atoms with Gasteiger partial charge in [-0.2, -0.15) is 0 Å². The van der Waals surface area contributed by atoms with Crippen LogP contribution in [0.4, 0.5) is 4.79 Å². The molecule has 0 aromatic heterocycles. The number of carbonyl (C=O) groups excluding carboxylic acids is 3. The van der Waals surface area contributed by atoms with Crippen molar-refractivity contribution in [3.63, 3.8) is 0 Å². The number of imide groups is 1. The van der Waals surface area contributed by atoms with Crippen LogP contribution in [0.5, 0.6) is 0 Å². The number of urea groups is 1. The van der Waals surface area contributed by atoms with Crippen LogP contribution in [0.3, 0.4) is 0 Å². The molecule has 2 atom stereocenters. The van der Waals surface area contributed by atoms with Gasteiger partial charge in [0.15, 0.2) is 0 Å². The highest BCUT2D eigenvalue weighted by atomic mass is 16.5. The molecule has 1 spiro atoms. The number of hydrogen-bond donors (Lipinski definition) is 2. The minimum atomic E-state index is -0.769. The second kappa shape index (κ2) is 7.06. The van der Waals surface area contributed by atoms with Crippen LogP contribution in [0.1, 0.15) is 39.0 Å². The number of ether oxygens (including phenoxy) is 2. The molecule has 1 aliphatic carbocycles. The molecule has 3 aliphatic rings. The molecule has 0 aromatic rings. The summed E-state index contributed by atoms with van der Waals surface area (Å²) in [6.45, 7) is 3.26. The summed E-state index contributed by atoms with van der Waals surface area (Å²) in [5.41, 5.74) is -0.769. The molecule has 8 nitrogen and oxygen atoms in total. The third kappa shape index (κ3) is 3.54. The highest BCUT2D eigenvalue weighted by Gasteiger charge is 2.52. The number of hydrogen-bond acceptors (Lipinski definition) is 5. The van der Waals surface area contributed by atoms with E-state index in [0.717, 1.165) is 24.2 Å². The van der Waals surface area contributed by atoms with E-state index in [2.05, 4.69) is 10.6 Å². The summed E-state index contributed by atoms with van der Waals surface area (Å²) in [6, 6.07) is -0.664. The van der Waals surface area contributed by atoms with Crippen molar-refractivity contribution in [1.29, 1.82) is 0 Å². The Kier molecular flexibility index (Phi) is 5.05. The van der Waals surface area contributed by atoms with Crippen LogP contribution in [0.2, 0.25) is 0 Å². The molecule has 0 unspecified atom stereocenters. The van der Waals surface area contributed by atoms with Crippen LogP contribution in [0.25, 0.3) is 0 Å². The van der Waals surface area contributed by atoms with Crippen LogP contribution in [-0.2, 0) is 19.1 Å². The molecule has 0 aromatic carbocycles. The topological polar surface area (TPSA) is 97.0 Å². The second-order valence-corrected chi connectivity index (χ2v) is 6.90. The van der Waals surface area contributed by atoms with Crippen molar-refractivity contribution < 1.29 is 23.9 Å². The van der Waals surface area contributed by atoms with Crippen molar-refractivity contribution in [2.24, 2.45) is 0 Å². The van der Waals surface area contributed by atoms with E-state index in [1.54, 1.807) is 0 Å². The molecule has 134 valence electrons. The van der Waals surface area contributed by atoms with Gasteiger partial charge in [0.05, 0.1) is 19.3 Å². The Morgan fingerprint density at radius 3 is 2.88 bits per heavy atom. The first-order valence-corrected chi connectivity index (χ1v) is 8.63. The normalized spacial score (nSPS) is 26.9. The lowest BCUT2D eigenvalue weighted by molar-refractivity contribution is -0.135. The second-order valence-electron chi connectivity index (χ2n) is 6.90. The predicted octanol–water partition coefficient (Wildman–Crippen LogP) is 0.161. The maximum atomic E-state index is 12.5. The summed E-state index contributed by atoms with van der Waals surface area (Å²) in [4.78, 5) is 37.7. The summed E-state index contributed by atoms with van der Waals surface area (Å²) in [7, 11) is 0. The zero-order valence-electron chi connectivity index (χ0n) is 14.0. The smallest absolute Gasteiger partial charge is 0.325 e. The Balaban J connectivity index is 1.45. The fourth-order valence-electron chi connectivity index (χ4n) is 3.57. The highest BCUT2D eigenvalue weighted by molar-refractivity contribution is 6.09. The molecule has 0 bridgehead atoms. The molecule has 2 aliphatic heterocycles. The zero-order valence-corrected chi connectivity index (χ0v) is 14.0. The number of carbonyl (C=O) groups is 3. The van der Waals surface area contributed by atoms with Crippen LogP contribution in [0, 0.1) is 0 Å². The zero-order chi connectivity index (χ0) is 17.2. The lowest BCUT2D eigenvalue weighted by Crippen LogP contribution is -2.47. The van der Waals surface area contributed by atoms with E-state index in [1.165, 1.54) is 0 Å². The van der Waals surface area contributed by atoms with E-state index in [1.807, 2.05) is 6.92 Å². The minimum Gasteiger partial charge on any atom is -0.379 e. The first kappa shape index (κ1) is 17.2. The number of nitrogens with zero attached hydrogens (tertiary/aromatic N) is 1. The number of rotatable bonds is 6. The van der Waals surface area contributed by atoms with Crippen LogP contribution in [0.15, 0.2) is 0 Å². The van der Waals surface area contributed by atoms with Gasteiger partial charge in [-0.25, -0.2) is 4.79 Å². The van der Waals surface area contributed by atoms with Crippen molar-refractivity contribution in [2.75, 3.05) is 26.4 Å². The Labute approximate surface area is 141 Å². The Morgan fingerprint density at radius 1 is 1.46 bits per heavy atom. The number of amides is 4. The molecule has 2 N–H and O–H groups in total. The van der Waals surface area contributed by atoms with Gasteiger partial charge in [0.1, 0.15) is 12.1 Å². The molecule has 0 radical (unpaired) electrons. The van der Waals surface area contributed by atoms with Crippen LogP contribution in [-0.4, -0.2) is 66.8 Å². The largest absolute Gasteiger partial charge is 0.379 e. The summed E-state index contributed by atoms with van der Waals surface area (Å²) in [5.74, 6) is -0.625. The molecule has 4 amide bonds. The molecule has 2 heterocycles. The third-order valence-corrected chi connectivity index (χ3v) is 4.88. The first-order valence-electron chi connectivity index (χ1n) is 8.63. The van der Waals surface area contributed by atoms with Crippen LogP contribution < -0.4 is 10.6 Å². The standard InChI is InChI=1S/C16H25N3O5/c1-11(9-24-12-4-7-23-10-12)17-13(20)8-19-14(21)16(18-15(19)22)5-2-3-6-16/h11-12H,2-10H2,1H3,(H,17,20)(H,18,22)/t11-,12+/m1/s1. The summed E-state index contributed by atoms with van der Waals surface area (Å²) >= 11 is 0. The molecular formula is C16H25N3O5. The fourth-order valence-corrected chi connectivity index (χ4v) is 3.57. The third-order valence-electron chi connectivity index (χ3n) is 4.88. The summed E-state index contributed by atoms with van der Waals surface area (Å²) < 4.78 is 10.9. The van der Waals surface area contributed by atoms with Crippen molar-refractivity contribution in [3.8, 4) is 0 Å². The van der Waals surface area contributed by atoms with E-state index in [0.29, 0.717) is 32.7 Å². The van der Waals surface area contributed by atoms with Crippen molar-refractivity contribution in [2.45, 2.75) is 56.7 Å². The maximum Gasteiger partial charge on any atom is 0.325 e. The van der Waals surface area contributed by atoms with E-state index >= 15 is 0 Å². The monoisotopic (exact) mass is 339 g/mol. The van der Waals surface area contributed by atoms with Crippen molar-refractivity contribution in [1.82, 2.24) is 15.5 Å². The number of nitrogens with one attached hydrogen (secondary N) is 2. The fraction of sp³-hybridized carbons (Fsp3) is 0.812. The van der Waals surface area contributed by atoms with Gasteiger partial charge in [-0.3, -0.25) is 14.5 Å². The van der Waals surface area contributed by atoms with E-state index in [-0.39, 0.29) is 30.5 Å². The first-order chi connectivity index (χ1) is 11.5. The van der Waals surface area contributed by atoms with Gasteiger partial charge >= 0.3 is 6.03 Å². The molecule has 8 heteroatoms. The van der Waals surface area contributed by atoms with Gasteiger partial charge in [-0.1, -0.05) is 12.8 Å². The van der Waals surface area contributed by atoms with Crippen molar-refractivity contribution >= 4 is 17.8 Å². The Hall–Kier alpha value is -1.67. The lowest BCUT2D eigenvalue weighted by atomic mass is 9.98. The van der Waals surface area contributed by atoms with E-state index < -0.39 is 11.6 Å². The molecule has 3 rings (SSSR count). The highest BCUT2D eigenvalue weighted by Crippen LogP contribution is 2.34. The van der Waals surface area contributed by atoms with Crippen LogP contribution >= 0.6 is 0 Å². The summed E-state index contributed by atoms with van der Waals surface area (Å²) in [5, 5.41) is 5.54. The van der Waals surface area contributed by atoms with Gasteiger partial charge in [0, 0.05) is 12.6 Å².